The van der Waals surface area contributed by atoms with Crippen molar-refractivity contribution in [1.82, 2.24) is 4.90 Å². The van der Waals surface area contributed by atoms with E-state index in [0.717, 1.165) is 18.4 Å². The average Bonchev–Trinajstić information content (AvgIpc) is 2.88. The van der Waals surface area contributed by atoms with Crippen LogP contribution in [0.25, 0.3) is 0 Å². The van der Waals surface area contributed by atoms with Crippen LogP contribution in [0.3, 0.4) is 0 Å². The molecule has 118 valence electrons. The van der Waals surface area contributed by atoms with Gasteiger partial charge in [-0.1, -0.05) is 19.9 Å². The van der Waals surface area contributed by atoms with Crippen molar-refractivity contribution in [2.45, 2.75) is 57.5 Å². The summed E-state index contributed by atoms with van der Waals surface area (Å²) in [5.41, 5.74) is 0.873. The van der Waals surface area contributed by atoms with Gasteiger partial charge >= 0.3 is 0 Å². The third kappa shape index (κ3) is 1.95. The standard InChI is InChI=1S/C16H26NO3P/c1-11(2)17-8-5-12-14(3,4)16(19-9-10-20-16)7-6-15(12,21)13(17)18/h5,11H,6-10,21H2,1-4H3. The second-order valence-electron chi connectivity index (χ2n) is 7.22. The number of fused-ring (bicyclic) bond motifs is 1. The lowest BCUT2D eigenvalue weighted by Crippen LogP contribution is -2.62. The molecule has 5 heteroatoms. The van der Waals surface area contributed by atoms with Crippen molar-refractivity contribution < 1.29 is 14.3 Å². The fourth-order valence-electron chi connectivity index (χ4n) is 4.17. The molecule has 0 bridgehead atoms. The fourth-order valence-corrected chi connectivity index (χ4v) is 4.95. The molecule has 3 aliphatic rings. The summed E-state index contributed by atoms with van der Waals surface area (Å²) >= 11 is 0. The lowest BCUT2D eigenvalue weighted by molar-refractivity contribution is -0.232. The van der Waals surface area contributed by atoms with E-state index in [4.69, 9.17) is 9.47 Å². The third-order valence-electron chi connectivity index (χ3n) is 5.47. The van der Waals surface area contributed by atoms with Crippen molar-refractivity contribution in [3.05, 3.63) is 11.6 Å². The van der Waals surface area contributed by atoms with Gasteiger partial charge in [0.25, 0.3) is 0 Å². The third-order valence-corrected chi connectivity index (χ3v) is 6.31. The predicted molar refractivity (Wildman–Crippen MR) is 85.0 cm³/mol. The lowest BCUT2D eigenvalue weighted by atomic mass is 9.62. The Morgan fingerprint density at radius 2 is 1.86 bits per heavy atom. The monoisotopic (exact) mass is 311 g/mol. The molecule has 3 rings (SSSR count). The molecule has 2 unspecified atom stereocenters. The van der Waals surface area contributed by atoms with E-state index in [2.05, 4.69) is 43.0 Å². The van der Waals surface area contributed by atoms with Gasteiger partial charge in [-0.05, 0) is 25.8 Å². The molecular weight excluding hydrogens is 285 g/mol. The first kappa shape index (κ1) is 15.5. The van der Waals surface area contributed by atoms with Crippen LogP contribution in [0.4, 0.5) is 0 Å². The molecule has 0 aromatic rings. The van der Waals surface area contributed by atoms with Gasteiger partial charge < -0.3 is 14.4 Å². The highest BCUT2D eigenvalue weighted by atomic mass is 31.0. The van der Waals surface area contributed by atoms with E-state index in [0.29, 0.717) is 19.8 Å². The molecule has 4 nitrogen and oxygen atoms in total. The summed E-state index contributed by atoms with van der Waals surface area (Å²) < 4.78 is 12.0. The number of carbonyl (C=O) groups excluding carboxylic acids is 1. The predicted octanol–water partition coefficient (Wildman–Crippen LogP) is 2.34. The first-order valence-electron chi connectivity index (χ1n) is 7.84. The quantitative estimate of drug-likeness (QED) is 0.551. The van der Waals surface area contributed by atoms with E-state index in [1.54, 1.807) is 0 Å². The van der Waals surface area contributed by atoms with Gasteiger partial charge in [-0.2, -0.15) is 0 Å². The second kappa shape index (κ2) is 4.78. The maximum atomic E-state index is 13.0. The van der Waals surface area contributed by atoms with Crippen LogP contribution in [0.1, 0.15) is 40.5 Å². The Morgan fingerprint density at radius 3 is 2.43 bits per heavy atom. The zero-order chi connectivity index (χ0) is 15.5. The van der Waals surface area contributed by atoms with E-state index >= 15 is 0 Å². The van der Waals surface area contributed by atoms with Crippen molar-refractivity contribution in [3.8, 4) is 0 Å². The molecule has 21 heavy (non-hydrogen) atoms. The maximum absolute atomic E-state index is 13.0. The summed E-state index contributed by atoms with van der Waals surface area (Å²) in [6, 6.07) is 0.228. The zero-order valence-corrected chi connectivity index (χ0v) is 14.6. The molecule has 1 spiro atoms. The van der Waals surface area contributed by atoms with Gasteiger partial charge in [-0.15, -0.1) is 9.24 Å². The first-order chi connectivity index (χ1) is 9.75. The van der Waals surface area contributed by atoms with Crippen LogP contribution in [0.2, 0.25) is 0 Å². The Balaban J connectivity index is 2.04. The number of hydrogen-bond donors (Lipinski definition) is 0. The van der Waals surface area contributed by atoms with Gasteiger partial charge in [-0.3, -0.25) is 4.79 Å². The zero-order valence-electron chi connectivity index (χ0n) is 13.4. The lowest BCUT2D eigenvalue weighted by Gasteiger charge is -2.56. The average molecular weight is 311 g/mol. The Hall–Kier alpha value is -0.440. The van der Waals surface area contributed by atoms with Crippen molar-refractivity contribution in [2.24, 2.45) is 5.41 Å². The van der Waals surface area contributed by atoms with E-state index in [1.807, 2.05) is 4.90 Å². The number of rotatable bonds is 1. The molecule has 0 aromatic carbocycles. The van der Waals surface area contributed by atoms with Crippen LogP contribution in [0, 0.1) is 5.41 Å². The highest BCUT2D eigenvalue weighted by molar-refractivity contribution is 7.21. The summed E-state index contributed by atoms with van der Waals surface area (Å²) in [5, 5.41) is -0.493. The minimum Gasteiger partial charge on any atom is -0.347 e. The van der Waals surface area contributed by atoms with E-state index in [9.17, 15) is 4.79 Å². The van der Waals surface area contributed by atoms with Crippen molar-refractivity contribution in [3.63, 3.8) is 0 Å². The van der Waals surface area contributed by atoms with Crippen LogP contribution >= 0.6 is 9.24 Å². The number of nitrogens with zero attached hydrogens (tertiary/aromatic N) is 1. The maximum Gasteiger partial charge on any atom is 0.237 e. The van der Waals surface area contributed by atoms with Gasteiger partial charge in [-0.25, -0.2) is 0 Å². The molecule has 0 aromatic heterocycles. The molecule has 2 heterocycles. The number of ether oxygens (including phenoxy) is 2. The summed E-state index contributed by atoms with van der Waals surface area (Å²) in [7, 11) is 2.85. The van der Waals surface area contributed by atoms with E-state index < -0.39 is 10.9 Å². The molecule has 2 aliphatic heterocycles. The summed E-state index contributed by atoms with van der Waals surface area (Å²) in [6.07, 6.45) is 3.74. The molecule has 0 radical (unpaired) electrons. The van der Waals surface area contributed by atoms with Gasteiger partial charge in [0.2, 0.25) is 5.91 Å². The minimum atomic E-state index is -0.556. The van der Waals surface area contributed by atoms with Gasteiger partial charge in [0, 0.05) is 24.4 Å². The minimum absolute atomic E-state index is 0.223. The van der Waals surface area contributed by atoms with Crippen molar-refractivity contribution in [1.29, 1.82) is 0 Å². The summed E-state index contributed by atoms with van der Waals surface area (Å²) in [4.78, 5) is 15.0. The number of hydrogen-bond acceptors (Lipinski definition) is 3. The summed E-state index contributed by atoms with van der Waals surface area (Å²) in [6.45, 7) is 10.4. The van der Waals surface area contributed by atoms with Crippen LogP contribution < -0.4 is 0 Å². The molecule has 1 aliphatic carbocycles. The Labute approximate surface area is 129 Å². The summed E-state index contributed by atoms with van der Waals surface area (Å²) in [5.74, 6) is -0.333. The highest BCUT2D eigenvalue weighted by Crippen LogP contribution is 2.59. The number of amides is 1. The highest BCUT2D eigenvalue weighted by Gasteiger charge is 2.62. The molecule has 1 amide bonds. The number of carbonyl (C=O) groups is 1. The van der Waals surface area contributed by atoms with Crippen LogP contribution in [-0.2, 0) is 14.3 Å². The molecule has 2 fully saturated rings. The van der Waals surface area contributed by atoms with Gasteiger partial charge in [0.05, 0.1) is 18.4 Å². The Bertz CT molecular complexity index is 494. The Kier molecular flexibility index (Phi) is 3.52. The van der Waals surface area contributed by atoms with E-state index in [-0.39, 0.29) is 17.4 Å². The van der Waals surface area contributed by atoms with Crippen molar-refractivity contribution >= 4 is 15.1 Å². The SMILES string of the molecule is CC(C)N1CC=C2C(P)(CCC3(OCCO3)C2(C)C)C1=O. The molecule has 2 atom stereocenters. The first-order valence-corrected chi connectivity index (χ1v) is 8.41. The fraction of sp³-hybridized carbons (Fsp3) is 0.812. The normalized spacial score (nSPS) is 34.3. The largest absolute Gasteiger partial charge is 0.347 e. The van der Waals surface area contributed by atoms with Crippen LogP contribution in [0.5, 0.6) is 0 Å². The van der Waals surface area contributed by atoms with Gasteiger partial charge in [0.1, 0.15) is 0 Å². The van der Waals surface area contributed by atoms with E-state index in [1.165, 1.54) is 0 Å². The molecule has 1 saturated heterocycles. The molecule has 0 N–H and O–H groups in total. The molecular formula is C16H26NO3P. The van der Waals surface area contributed by atoms with Crippen molar-refractivity contribution in [2.75, 3.05) is 19.8 Å². The second-order valence-corrected chi connectivity index (χ2v) is 8.20. The van der Waals surface area contributed by atoms with Gasteiger partial charge in [0.15, 0.2) is 5.79 Å². The molecule has 1 saturated carbocycles. The Morgan fingerprint density at radius 1 is 1.24 bits per heavy atom. The van der Waals surface area contributed by atoms with Crippen LogP contribution in [0.15, 0.2) is 11.6 Å². The topological polar surface area (TPSA) is 38.8 Å². The smallest absolute Gasteiger partial charge is 0.237 e. The van der Waals surface area contributed by atoms with Crippen LogP contribution in [-0.4, -0.2) is 47.6 Å².